The third-order valence-electron chi connectivity index (χ3n) is 3.39. The highest BCUT2D eigenvalue weighted by Gasteiger charge is 2.32. The summed E-state index contributed by atoms with van der Waals surface area (Å²) in [4.78, 5) is 27.0. The van der Waals surface area contributed by atoms with E-state index in [-0.39, 0.29) is 24.4 Å². The Kier molecular flexibility index (Phi) is 4.20. The first kappa shape index (κ1) is 13.6. The van der Waals surface area contributed by atoms with Gasteiger partial charge in [0.1, 0.15) is 0 Å². The molecule has 1 saturated carbocycles. The molecule has 1 aromatic carbocycles. The Hall–Kier alpha value is -1.84. The molecule has 0 bridgehead atoms. The summed E-state index contributed by atoms with van der Waals surface area (Å²) in [6.07, 6.45) is 2.05. The molecule has 0 N–H and O–H groups in total. The predicted molar refractivity (Wildman–Crippen MR) is 73.3 cm³/mol. The Labute approximate surface area is 114 Å². The van der Waals surface area contributed by atoms with Crippen LogP contribution in [0.1, 0.15) is 25.3 Å². The van der Waals surface area contributed by atoms with Crippen molar-refractivity contribution in [1.29, 1.82) is 0 Å². The molecule has 4 nitrogen and oxygen atoms in total. The molecule has 0 spiro atoms. The number of likely N-dealkylation sites (N-methyl/N-ethyl adjacent to an activating group) is 1. The van der Waals surface area contributed by atoms with E-state index < -0.39 is 0 Å². The number of hydrogen-bond acceptors (Lipinski definition) is 2. The van der Waals surface area contributed by atoms with Crippen LogP contribution >= 0.6 is 0 Å². The largest absolute Gasteiger partial charge is 0.340 e. The standard InChI is InChI=1S/C15H20N2O2/c1-12(18)17(14-8-9-14)11-15(19)16(2)10-13-6-4-3-5-7-13/h3-7,14H,8-11H2,1-2H3. The van der Waals surface area contributed by atoms with Crippen LogP contribution in [0.25, 0.3) is 0 Å². The molecule has 0 aliphatic heterocycles. The second-order valence-corrected chi connectivity index (χ2v) is 5.11. The fraction of sp³-hybridized carbons (Fsp3) is 0.467. The number of benzene rings is 1. The van der Waals surface area contributed by atoms with Gasteiger partial charge in [0.2, 0.25) is 11.8 Å². The van der Waals surface area contributed by atoms with E-state index in [1.807, 2.05) is 30.3 Å². The summed E-state index contributed by atoms with van der Waals surface area (Å²) in [5, 5.41) is 0. The van der Waals surface area contributed by atoms with E-state index in [9.17, 15) is 9.59 Å². The molecule has 0 saturated heterocycles. The maximum atomic E-state index is 12.1. The molecule has 0 radical (unpaired) electrons. The molecule has 19 heavy (non-hydrogen) atoms. The summed E-state index contributed by atoms with van der Waals surface area (Å²) in [7, 11) is 1.78. The number of carbonyl (C=O) groups excluding carboxylic acids is 2. The van der Waals surface area contributed by atoms with E-state index in [2.05, 4.69) is 0 Å². The smallest absolute Gasteiger partial charge is 0.242 e. The molecule has 0 unspecified atom stereocenters. The Morgan fingerprint density at radius 2 is 1.84 bits per heavy atom. The summed E-state index contributed by atoms with van der Waals surface area (Å²) in [5.74, 6) is -0.0186. The lowest BCUT2D eigenvalue weighted by Gasteiger charge is -2.24. The molecule has 1 fully saturated rings. The molecule has 0 aromatic heterocycles. The van der Waals surface area contributed by atoms with Crippen LogP contribution in [0.2, 0.25) is 0 Å². The highest BCUT2D eigenvalue weighted by atomic mass is 16.2. The lowest BCUT2D eigenvalue weighted by Crippen LogP contribution is -2.41. The van der Waals surface area contributed by atoms with E-state index in [0.29, 0.717) is 6.54 Å². The van der Waals surface area contributed by atoms with Crippen molar-refractivity contribution in [3.63, 3.8) is 0 Å². The Morgan fingerprint density at radius 3 is 2.37 bits per heavy atom. The topological polar surface area (TPSA) is 40.6 Å². The maximum absolute atomic E-state index is 12.1. The second kappa shape index (κ2) is 5.87. The van der Waals surface area contributed by atoms with Gasteiger partial charge in [-0.1, -0.05) is 30.3 Å². The highest BCUT2D eigenvalue weighted by molar-refractivity contribution is 5.84. The lowest BCUT2D eigenvalue weighted by atomic mass is 10.2. The van der Waals surface area contributed by atoms with E-state index in [4.69, 9.17) is 0 Å². The molecule has 102 valence electrons. The minimum atomic E-state index is -0.0102. The van der Waals surface area contributed by atoms with Crippen LogP contribution < -0.4 is 0 Å². The summed E-state index contributed by atoms with van der Waals surface area (Å²) >= 11 is 0. The minimum absolute atomic E-state index is 0.00838. The van der Waals surface area contributed by atoms with Crippen LogP contribution in [0.3, 0.4) is 0 Å². The molecular formula is C15H20N2O2. The third kappa shape index (κ3) is 3.81. The van der Waals surface area contributed by atoms with Crippen molar-refractivity contribution < 1.29 is 9.59 Å². The molecule has 1 aliphatic carbocycles. The average molecular weight is 260 g/mol. The quantitative estimate of drug-likeness (QED) is 0.808. The first-order chi connectivity index (χ1) is 9.08. The van der Waals surface area contributed by atoms with Gasteiger partial charge in [-0.2, -0.15) is 0 Å². The van der Waals surface area contributed by atoms with Gasteiger partial charge < -0.3 is 9.80 Å². The van der Waals surface area contributed by atoms with Gasteiger partial charge in [-0.05, 0) is 18.4 Å². The van der Waals surface area contributed by atoms with Crippen LogP contribution in [0, 0.1) is 0 Å². The van der Waals surface area contributed by atoms with E-state index in [0.717, 1.165) is 18.4 Å². The minimum Gasteiger partial charge on any atom is -0.340 e. The maximum Gasteiger partial charge on any atom is 0.242 e. The number of amides is 2. The van der Waals surface area contributed by atoms with E-state index in [1.165, 1.54) is 6.92 Å². The molecule has 4 heteroatoms. The predicted octanol–water partition coefficient (Wildman–Crippen LogP) is 1.66. The first-order valence-electron chi connectivity index (χ1n) is 6.63. The van der Waals surface area contributed by atoms with Crippen molar-refractivity contribution in [3.05, 3.63) is 35.9 Å². The van der Waals surface area contributed by atoms with Crippen LogP contribution in [-0.2, 0) is 16.1 Å². The SMILES string of the molecule is CC(=O)N(CC(=O)N(C)Cc1ccccc1)C1CC1. The Balaban J connectivity index is 1.90. The lowest BCUT2D eigenvalue weighted by molar-refractivity contribution is -0.139. The summed E-state index contributed by atoms with van der Waals surface area (Å²) in [5.41, 5.74) is 1.10. The van der Waals surface area contributed by atoms with Crippen LogP contribution in [-0.4, -0.2) is 41.2 Å². The van der Waals surface area contributed by atoms with Crippen LogP contribution in [0.5, 0.6) is 0 Å². The molecule has 1 aromatic rings. The molecular weight excluding hydrogens is 240 g/mol. The molecule has 2 rings (SSSR count). The van der Waals surface area contributed by atoms with Crippen LogP contribution in [0.4, 0.5) is 0 Å². The molecule has 2 amide bonds. The Morgan fingerprint density at radius 1 is 1.21 bits per heavy atom. The fourth-order valence-electron chi connectivity index (χ4n) is 2.10. The van der Waals surface area contributed by atoms with Crippen molar-refractivity contribution in [2.24, 2.45) is 0 Å². The van der Waals surface area contributed by atoms with Gasteiger partial charge in [-0.3, -0.25) is 9.59 Å². The van der Waals surface area contributed by atoms with Crippen molar-refractivity contribution >= 4 is 11.8 Å². The fourth-order valence-corrected chi connectivity index (χ4v) is 2.10. The van der Waals surface area contributed by atoms with Gasteiger partial charge in [0.15, 0.2) is 0 Å². The number of carbonyl (C=O) groups is 2. The Bertz CT molecular complexity index is 454. The highest BCUT2D eigenvalue weighted by Crippen LogP contribution is 2.26. The van der Waals surface area contributed by atoms with Crippen LogP contribution in [0.15, 0.2) is 30.3 Å². The van der Waals surface area contributed by atoms with Crippen molar-refractivity contribution in [3.8, 4) is 0 Å². The van der Waals surface area contributed by atoms with Gasteiger partial charge in [-0.15, -0.1) is 0 Å². The third-order valence-corrected chi connectivity index (χ3v) is 3.39. The van der Waals surface area contributed by atoms with Gasteiger partial charge in [0, 0.05) is 26.6 Å². The van der Waals surface area contributed by atoms with Gasteiger partial charge in [0.05, 0.1) is 6.54 Å². The average Bonchev–Trinajstić information content (AvgIpc) is 3.20. The first-order valence-corrected chi connectivity index (χ1v) is 6.63. The number of nitrogens with zero attached hydrogens (tertiary/aromatic N) is 2. The van der Waals surface area contributed by atoms with Crippen molar-refractivity contribution in [2.45, 2.75) is 32.4 Å². The van der Waals surface area contributed by atoms with Gasteiger partial charge in [0.25, 0.3) is 0 Å². The number of rotatable bonds is 5. The second-order valence-electron chi connectivity index (χ2n) is 5.11. The normalized spacial score (nSPS) is 14.0. The summed E-state index contributed by atoms with van der Waals surface area (Å²) < 4.78 is 0. The van der Waals surface area contributed by atoms with Gasteiger partial charge in [-0.25, -0.2) is 0 Å². The van der Waals surface area contributed by atoms with Crippen molar-refractivity contribution in [1.82, 2.24) is 9.80 Å². The zero-order chi connectivity index (χ0) is 13.8. The molecule has 0 heterocycles. The summed E-state index contributed by atoms with van der Waals surface area (Å²) in [6.45, 7) is 2.31. The number of hydrogen-bond donors (Lipinski definition) is 0. The zero-order valence-electron chi connectivity index (χ0n) is 11.5. The monoisotopic (exact) mass is 260 g/mol. The molecule has 0 atom stereocenters. The zero-order valence-corrected chi connectivity index (χ0v) is 11.5. The van der Waals surface area contributed by atoms with E-state index >= 15 is 0 Å². The molecule has 1 aliphatic rings. The summed E-state index contributed by atoms with van der Waals surface area (Å²) in [6, 6.07) is 10.1. The van der Waals surface area contributed by atoms with Gasteiger partial charge >= 0.3 is 0 Å². The van der Waals surface area contributed by atoms with E-state index in [1.54, 1.807) is 16.8 Å². The van der Waals surface area contributed by atoms with Crippen molar-refractivity contribution in [2.75, 3.05) is 13.6 Å².